The molecule has 1 unspecified atom stereocenters. The Morgan fingerprint density at radius 1 is 1.12 bits per heavy atom. The summed E-state index contributed by atoms with van der Waals surface area (Å²) in [5.74, 6) is 0.635. The van der Waals surface area contributed by atoms with E-state index in [1.165, 1.54) is 5.56 Å². The van der Waals surface area contributed by atoms with E-state index in [1.54, 1.807) is 0 Å². The molecule has 0 saturated heterocycles. The molecule has 0 saturated carbocycles. The molecular weight excluding hydrogens is 212 g/mol. The van der Waals surface area contributed by atoms with Crippen molar-refractivity contribution in [3.63, 3.8) is 0 Å². The van der Waals surface area contributed by atoms with Gasteiger partial charge in [0.1, 0.15) is 0 Å². The van der Waals surface area contributed by atoms with Crippen LogP contribution in [0.15, 0.2) is 30.3 Å². The third kappa shape index (κ3) is 6.44. The highest BCUT2D eigenvalue weighted by Crippen LogP contribution is 2.11. The first-order valence-electron chi connectivity index (χ1n) is 6.45. The number of hydrogen-bond donors (Lipinski definition) is 0. The van der Waals surface area contributed by atoms with Crippen molar-refractivity contribution in [1.82, 2.24) is 0 Å². The molecule has 0 spiro atoms. The molecule has 0 heterocycles. The van der Waals surface area contributed by atoms with Crippen molar-refractivity contribution < 1.29 is 9.47 Å². The molecule has 0 aliphatic rings. The number of hydrogen-bond acceptors (Lipinski definition) is 2. The van der Waals surface area contributed by atoms with Crippen molar-refractivity contribution in [1.29, 1.82) is 0 Å². The van der Waals surface area contributed by atoms with Crippen LogP contribution >= 0.6 is 0 Å². The van der Waals surface area contributed by atoms with Crippen molar-refractivity contribution in [3.05, 3.63) is 35.9 Å². The average Bonchev–Trinajstić information content (AvgIpc) is 2.33. The van der Waals surface area contributed by atoms with Gasteiger partial charge in [-0.25, -0.2) is 0 Å². The normalized spacial score (nSPS) is 12.9. The van der Waals surface area contributed by atoms with E-state index in [0.29, 0.717) is 19.1 Å². The maximum atomic E-state index is 5.92. The molecule has 1 atom stereocenters. The number of rotatable bonds is 8. The maximum absolute atomic E-state index is 5.92. The molecule has 0 aliphatic carbocycles. The van der Waals surface area contributed by atoms with E-state index < -0.39 is 0 Å². The second kappa shape index (κ2) is 8.26. The van der Waals surface area contributed by atoms with Crippen molar-refractivity contribution in [2.24, 2.45) is 5.92 Å². The summed E-state index contributed by atoms with van der Waals surface area (Å²) in [5.41, 5.74) is 1.22. The van der Waals surface area contributed by atoms with Crippen LogP contribution < -0.4 is 0 Å². The second-order valence-corrected chi connectivity index (χ2v) is 4.71. The molecular formula is C15H24O2. The Morgan fingerprint density at radius 2 is 1.82 bits per heavy atom. The van der Waals surface area contributed by atoms with E-state index in [0.717, 1.165) is 13.0 Å². The highest BCUT2D eigenvalue weighted by Gasteiger charge is 2.11. The summed E-state index contributed by atoms with van der Waals surface area (Å²) in [7, 11) is 0. The molecule has 0 bridgehead atoms. The smallest absolute Gasteiger partial charge is 0.0815 e. The molecule has 1 aromatic carbocycles. The molecule has 0 aliphatic heterocycles. The van der Waals surface area contributed by atoms with Gasteiger partial charge in [0.05, 0.1) is 19.3 Å². The second-order valence-electron chi connectivity index (χ2n) is 4.71. The minimum absolute atomic E-state index is 0.204. The standard InChI is InChI=1S/C15H24O2/c1-4-16-12-15(10-13(2)3)17-11-14-8-6-5-7-9-14/h5-9,13,15H,4,10-12H2,1-3H3. The quantitative estimate of drug-likeness (QED) is 0.686. The molecule has 2 nitrogen and oxygen atoms in total. The van der Waals surface area contributed by atoms with Gasteiger partial charge in [0, 0.05) is 6.61 Å². The van der Waals surface area contributed by atoms with Crippen LogP contribution in [-0.2, 0) is 16.1 Å². The summed E-state index contributed by atoms with van der Waals surface area (Å²) < 4.78 is 11.4. The van der Waals surface area contributed by atoms with E-state index in [-0.39, 0.29) is 6.10 Å². The van der Waals surface area contributed by atoms with Crippen LogP contribution in [0.3, 0.4) is 0 Å². The topological polar surface area (TPSA) is 18.5 Å². The monoisotopic (exact) mass is 236 g/mol. The summed E-state index contributed by atoms with van der Waals surface area (Å²) in [5, 5.41) is 0. The average molecular weight is 236 g/mol. The van der Waals surface area contributed by atoms with Crippen molar-refractivity contribution in [3.8, 4) is 0 Å². The van der Waals surface area contributed by atoms with Crippen molar-refractivity contribution in [2.45, 2.75) is 39.9 Å². The van der Waals surface area contributed by atoms with Gasteiger partial charge in [-0.2, -0.15) is 0 Å². The van der Waals surface area contributed by atoms with Crippen LogP contribution in [0, 0.1) is 5.92 Å². The van der Waals surface area contributed by atoms with Crippen LogP contribution in [0.5, 0.6) is 0 Å². The first-order valence-corrected chi connectivity index (χ1v) is 6.45. The minimum Gasteiger partial charge on any atom is -0.379 e. The number of ether oxygens (including phenoxy) is 2. The summed E-state index contributed by atoms with van der Waals surface area (Å²) in [6.07, 6.45) is 1.25. The Kier molecular flexibility index (Phi) is 6.90. The highest BCUT2D eigenvalue weighted by atomic mass is 16.5. The summed E-state index contributed by atoms with van der Waals surface area (Å²) in [6, 6.07) is 10.3. The molecule has 0 aromatic heterocycles. The highest BCUT2D eigenvalue weighted by molar-refractivity contribution is 5.13. The third-order valence-electron chi connectivity index (χ3n) is 2.57. The Labute approximate surface area is 105 Å². The van der Waals surface area contributed by atoms with Crippen LogP contribution in [-0.4, -0.2) is 19.3 Å². The van der Waals surface area contributed by atoms with Gasteiger partial charge < -0.3 is 9.47 Å². The number of benzene rings is 1. The molecule has 1 rings (SSSR count). The van der Waals surface area contributed by atoms with E-state index in [4.69, 9.17) is 9.47 Å². The van der Waals surface area contributed by atoms with Gasteiger partial charge >= 0.3 is 0 Å². The van der Waals surface area contributed by atoms with Crippen molar-refractivity contribution in [2.75, 3.05) is 13.2 Å². The SMILES string of the molecule is CCOCC(CC(C)C)OCc1ccccc1. The lowest BCUT2D eigenvalue weighted by Gasteiger charge is -2.19. The predicted octanol–water partition coefficient (Wildman–Crippen LogP) is 3.65. The summed E-state index contributed by atoms with van der Waals surface area (Å²) in [4.78, 5) is 0. The Bertz CT molecular complexity index is 282. The van der Waals surface area contributed by atoms with Crippen LogP contribution in [0.25, 0.3) is 0 Å². The van der Waals surface area contributed by atoms with E-state index in [2.05, 4.69) is 26.0 Å². The van der Waals surface area contributed by atoms with Gasteiger partial charge in [-0.05, 0) is 24.8 Å². The van der Waals surface area contributed by atoms with Crippen molar-refractivity contribution >= 4 is 0 Å². The first-order chi connectivity index (χ1) is 8.22. The van der Waals surface area contributed by atoms with Crippen LogP contribution in [0.2, 0.25) is 0 Å². The predicted molar refractivity (Wildman–Crippen MR) is 71.0 cm³/mol. The van der Waals surface area contributed by atoms with E-state index in [1.807, 2.05) is 25.1 Å². The Balaban J connectivity index is 2.37. The lowest BCUT2D eigenvalue weighted by Crippen LogP contribution is -2.22. The van der Waals surface area contributed by atoms with Gasteiger partial charge in [0.15, 0.2) is 0 Å². The Morgan fingerprint density at radius 3 is 2.41 bits per heavy atom. The van der Waals surface area contributed by atoms with Crippen LogP contribution in [0.1, 0.15) is 32.8 Å². The molecule has 0 amide bonds. The summed E-state index contributed by atoms with van der Waals surface area (Å²) in [6.45, 7) is 8.56. The first kappa shape index (κ1) is 14.2. The maximum Gasteiger partial charge on any atom is 0.0815 e. The molecule has 2 heteroatoms. The van der Waals surface area contributed by atoms with Gasteiger partial charge in [0.2, 0.25) is 0 Å². The minimum atomic E-state index is 0.204. The van der Waals surface area contributed by atoms with E-state index >= 15 is 0 Å². The zero-order chi connectivity index (χ0) is 12.5. The zero-order valence-corrected chi connectivity index (χ0v) is 11.2. The fraction of sp³-hybridized carbons (Fsp3) is 0.600. The van der Waals surface area contributed by atoms with Gasteiger partial charge in [-0.15, -0.1) is 0 Å². The fourth-order valence-corrected chi connectivity index (χ4v) is 1.75. The lowest BCUT2D eigenvalue weighted by atomic mass is 10.1. The Hall–Kier alpha value is -0.860. The van der Waals surface area contributed by atoms with Gasteiger partial charge in [-0.3, -0.25) is 0 Å². The van der Waals surface area contributed by atoms with Crippen LogP contribution in [0.4, 0.5) is 0 Å². The molecule has 0 N–H and O–H groups in total. The third-order valence-corrected chi connectivity index (χ3v) is 2.57. The summed E-state index contributed by atoms with van der Waals surface area (Å²) >= 11 is 0. The molecule has 0 fully saturated rings. The molecule has 0 radical (unpaired) electrons. The zero-order valence-electron chi connectivity index (χ0n) is 11.2. The molecule has 96 valence electrons. The largest absolute Gasteiger partial charge is 0.379 e. The van der Waals surface area contributed by atoms with Gasteiger partial charge in [0.25, 0.3) is 0 Å². The fourth-order valence-electron chi connectivity index (χ4n) is 1.75. The molecule has 1 aromatic rings. The molecule has 17 heavy (non-hydrogen) atoms. The van der Waals surface area contributed by atoms with Gasteiger partial charge in [-0.1, -0.05) is 44.2 Å². The van der Waals surface area contributed by atoms with E-state index in [9.17, 15) is 0 Å². The lowest BCUT2D eigenvalue weighted by molar-refractivity contribution is -0.0314.